The van der Waals surface area contributed by atoms with Crippen molar-refractivity contribution in [2.45, 2.75) is 32.2 Å². The van der Waals surface area contributed by atoms with Gasteiger partial charge in [0, 0.05) is 11.6 Å². The van der Waals surface area contributed by atoms with E-state index in [1.54, 1.807) is 26.0 Å². The standard InChI is InChI=1S/C13H17N3O3/c1-10-8-11(4-5-12(10)16(17)18)19-7-3-6-13(2,15)9-14/h4-5,8H,3,6-7,15H2,1-2H3. The van der Waals surface area contributed by atoms with E-state index in [-0.39, 0.29) is 5.69 Å². The number of nitro groups is 1. The molecule has 0 radical (unpaired) electrons. The summed E-state index contributed by atoms with van der Waals surface area (Å²) in [4.78, 5) is 10.2. The fourth-order valence-electron chi connectivity index (χ4n) is 1.61. The molecule has 0 fully saturated rings. The quantitative estimate of drug-likeness (QED) is 0.482. The number of nitriles is 1. The summed E-state index contributed by atoms with van der Waals surface area (Å²) in [5, 5.41) is 19.4. The van der Waals surface area contributed by atoms with Crippen molar-refractivity contribution < 1.29 is 9.66 Å². The van der Waals surface area contributed by atoms with Gasteiger partial charge in [-0.2, -0.15) is 5.26 Å². The highest BCUT2D eigenvalue weighted by molar-refractivity contribution is 5.44. The summed E-state index contributed by atoms with van der Waals surface area (Å²) in [5.41, 5.74) is 5.48. The van der Waals surface area contributed by atoms with E-state index in [4.69, 9.17) is 15.7 Å². The average molecular weight is 263 g/mol. The molecule has 0 amide bonds. The van der Waals surface area contributed by atoms with Crippen molar-refractivity contribution in [3.8, 4) is 11.8 Å². The second-order valence-corrected chi connectivity index (χ2v) is 4.69. The Kier molecular flexibility index (Phi) is 4.84. The molecule has 6 nitrogen and oxygen atoms in total. The van der Waals surface area contributed by atoms with E-state index in [2.05, 4.69) is 0 Å². The van der Waals surface area contributed by atoms with Gasteiger partial charge in [-0.1, -0.05) is 0 Å². The van der Waals surface area contributed by atoms with Gasteiger partial charge in [-0.3, -0.25) is 10.1 Å². The van der Waals surface area contributed by atoms with Crippen LogP contribution in [0.4, 0.5) is 5.69 Å². The van der Waals surface area contributed by atoms with Gasteiger partial charge >= 0.3 is 0 Å². The van der Waals surface area contributed by atoms with E-state index >= 15 is 0 Å². The predicted octanol–water partition coefficient (Wildman–Crippen LogP) is 2.30. The minimum Gasteiger partial charge on any atom is -0.494 e. The van der Waals surface area contributed by atoms with Crippen molar-refractivity contribution in [3.63, 3.8) is 0 Å². The Bertz CT molecular complexity index is 506. The molecule has 1 rings (SSSR count). The second kappa shape index (κ2) is 6.16. The zero-order valence-corrected chi connectivity index (χ0v) is 11.0. The molecule has 102 valence electrons. The maximum Gasteiger partial charge on any atom is 0.272 e. The number of nitrogens with two attached hydrogens (primary N) is 1. The first-order chi connectivity index (χ1) is 8.85. The topological polar surface area (TPSA) is 102 Å². The van der Waals surface area contributed by atoms with Gasteiger partial charge in [0.25, 0.3) is 5.69 Å². The SMILES string of the molecule is Cc1cc(OCCCC(C)(N)C#N)ccc1[N+](=O)[O-]. The number of benzene rings is 1. The number of hydrogen-bond acceptors (Lipinski definition) is 5. The molecule has 1 unspecified atom stereocenters. The summed E-state index contributed by atoms with van der Waals surface area (Å²) in [6, 6.07) is 6.64. The summed E-state index contributed by atoms with van der Waals surface area (Å²) >= 11 is 0. The van der Waals surface area contributed by atoms with Crippen LogP contribution in [-0.2, 0) is 0 Å². The van der Waals surface area contributed by atoms with Gasteiger partial charge in [0.05, 0.1) is 17.6 Å². The normalized spacial score (nSPS) is 13.4. The molecule has 0 saturated heterocycles. The lowest BCUT2D eigenvalue weighted by molar-refractivity contribution is -0.385. The lowest BCUT2D eigenvalue weighted by atomic mass is 10.00. The molecule has 0 heterocycles. The minimum absolute atomic E-state index is 0.0753. The van der Waals surface area contributed by atoms with Gasteiger partial charge < -0.3 is 10.5 Å². The van der Waals surface area contributed by atoms with Crippen LogP contribution in [0.25, 0.3) is 0 Å². The van der Waals surface area contributed by atoms with Crippen LogP contribution in [0.1, 0.15) is 25.3 Å². The molecule has 1 aromatic carbocycles. The number of nitro benzene ring substituents is 1. The first-order valence-corrected chi connectivity index (χ1v) is 5.94. The summed E-state index contributed by atoms with van der Waals surface area (Å²) in [7, 11) is 0. The van der Waals surface area contributed by atoms with Crippen LogP contribution in [0.5, 0.6) is 5.75 Å². The highest BCUT2D eigenvalue weighted by Gasteiger charge is 2.16. The smallest absolute Gasteiger partial charge is 0.272 e. The van der Waals surface area contributed by atoms with Crippen molar-refractivity contribution in [1.29, 1.82) is 5.26 Å². The summed E-state index contributed by atoms with van der Waals surface area (Å²) in [6.07, 6.45) is 1.19. The highest BCUT2D eigenvalue weighted by atomic mass is 16.6. The third kappa shape index (κ3) is 4.56. The molecular formula is C13H17N3O3. The van der Waals surface area contributed by atoms with Crippen LogP contribution in [0, 0.1) is 28.4 Å². The third-order valence-electron chi connectivity index (χ3n) is 2.73. The summed E-state index contributed by atoms with van der Waals surface area (Å²) in [5.74, 6) is 0.582. The number of rotatable bonds is 6. The van der Waals surface area contributed by atoms with Crippen molar-refractivity contribution in [2.24, 2.45) is 5.73 Å². The monoisotopic (exact) mass is 263 g/mol. The fourth-order valence-corrected chi connectivity index (χ4v) is 1.61. The predicted molar refractivity (Wildman–Crippen MR) is 70.8 cm³/mol. The summed E-state index contributed by atoms with van der Waals surface area (Å²) in [6.45, 7) is 3.76. The van der Waals surface area contributed by atoms with E-state index < -0.39 is 10.5 Å². The van der Waals surface area contributed by atoms with Crippen molar-refractivity contribution in [2.75, 3.05) is 6.61 Å². The number of ether oxygens (including phenoxy) is 1. The molecule has 0 aliphatic rings. The van der Waals surface area contributed by atoms with Crippen LogP contribution in [0.2, 0.25) is 0 Å². The molecule has 2 N–H and O–H groups in total. The third-order valence-corrected chi connectivity index (χ3v) is 2.73. The van der Waals surface area contributed by atoms with Gasteiger partial charge in [0.1, 0.15) is 11.3 Å². The molecular weight excluding hydrogens is 246 g/mol. The van der Waals surface area contributed by atoms with Crippen LogP contribution in [-0.4, -0.2) is 17.1 Å². The Morgan fingerprint density at radius 3 is 2.79 bits per heavy atom. The Morgan fingerprint density at radius 2 is 2.26 bits per heavy atom. The Balaban J connectivity index is 2.49. The molecule has 0 aromatic heterocycles. The molecule has 0 aliphatic carbocycles. The Morgan fingerprint density at radius 1 is 1.58 bits per heavy atom. The Hall–Kier alpha value is -2.13. The molecule has 19 heavy (non-hydrogen) atoms. The number of hydrogen-bond donors (Lipinski definition) is 1. The lowest BCUT2D eigenvalue weighted by Crippen LogP contribution is -2.34. The molecule has 1 aromatic rings. The van der Waals surface area contributed by atoms with Crippen LogP contribution in [0.15, 0.2) is 18.2 Å². The van der Waals surface area contributed by atoms with E-state index in [1.165, 1.54) is 6.07 Å². The van der Waals surface area contributed by atoms with Gasteiger partial charge in [0.2, 0.25) is 0 Å². The van der Waals surface area contributed by atoms with E-state index in [9.17, 15) is 10.1 Å². The van der Waals surface area contributed by atoms with Crippen LogP contribution in [0.3, 0.4) is 0 Å². The lowest BCUT2D eigenvalue weighted by Gasteiger charge is -2.15. The van der Waals surface area contributed by atoms with Crippen molar-refractivity contribution >= 4 is 5.69 Å². The highest BCUT2D eigenvalue weighted by Crippen LogP contribution is 2.23. The van der Waals surface area contributed by atoms with Gasteiger partial charge in [-0.05, 0) is 38.8 Å². The van der Waals surface area contributed by atoms with Gasteiger partial charge in [0.15, 0.2) is 0 Å². The maximum atomic E-state index is 10.7. The molecule has 0 saturated carbocycles. The zero-order valence-electron chi connectivity index (χ0n) is 11.0. The Labute approximate surface area is 111 Å². The molecule has 1 atom stereocenters. The molecule has 6 heteroatoms. The van der Waals surface area contributed by atoms with Crippen LogP contribution >= 0.6 is 0 Å². The first kappa shape index (κ1) is 14.9. The van der Waals surface area contributed by atoms with E-state index in [0.717, 1.165) is 0 Å². The average Bonchev–Trinajstić information content (AvgIpc) is 2.34. The van der Waals surface area contributed by atoms with Crippen LogP contribution < -0.4 is 10.5 Å². The number of aryl methyl sites for hydroxylation is 1. The zero-order chi connectivity index (χ0) is 14.5. The maximum absolute atomic E-state index is 10.7. The largest absolute Gasteiger partial charge is 0.494 e. The van der Waals surface area contributed by atoms with Crippen molar-refractivity contribution in [3.05, 3.63) is 33.9 Å². The summed E-state index contributed by atoms with van der Waals surface area (Å²) < 4.78 is 5.47. The fraction of sp³-hybridized carbons (Fsp3) is 0.462. The van der Waals surface area contributed by atoms with E-state index in [1.807, 2.05) is 6.07 Å². The van der Waals surface area contributed by atoms with Gasteiger partial charge in [-0.25, -0.2) is 0 Å². The molecule has 0 bridgehead atoms. The first-order valence-electron chi connectivity index (χ1n) is 5.94. The van der Waals surface area contributed by atoms with E-state index in [0.29, 0.717) is 30.8 Å². The number of nitrogens with zero attached hydrogens (tertiary/aromatic N) is 2. The minimum atomic E-state index is -0.839. The second-order valence-electron chi connectivity index (χ2n) is 4.69. The van der Waals surface area contributed by atoms with Gasteiger partial charge in [-0.15, -0.1) is 0 Å². The molecule has 0 spiro atoms. The van der Waals surface area contributed by atoms with Crippen molar-refractivity contribution in [1.82, 2.24) is 0 Å². The molecule has 0 aliphatic heterocycles.